The van der Waals surface area contributed by atoms with Crippen molar-refractivity contribution in [3.8, 4) is 0 Å². The SMILES string of the molecule is C=c1ccc(CCC)c(CC)/c1=C(/C=C\C)C(C)C. The average molecular weight is 256 g/mol. The molecule has 1 rings (SSSR count). The van der Waals surface area contributed by atoms with Crippen molar-refractivity contribution in [1.29, 1.82) is 0 Å². The van der Waals surface area contributed by atoms with Crippen LogP contribution in [0.1, 0.15) is 52.2 Å². The molecule has 0 unspecified atom stereocenters. The fourth-order valence-corrected chi connectivity index (χ4v) is 2.75. The molecular formula is C19H28. The molecule has 0 atom stereocenters. The molecular weight excluding hydrogens is 228 g/mol. The van der Waals surface area contributed by atoms with Gasteiger partial charge in [0.15, 0.2) is 0 Å². The zero-order valence-electron chi connectivity index (χ0n) is 13.2. The maximum Gasteiger partial charge on any atom is -0.0121 e. The zero-order chi connectivity index (χ0) is 14.4. The lowest BCUT2D eigenvalue weighted by Crippen LogP contribution is -2.32. The van der Waals surface area contributed by atoms with E-state index in [2.05, 4.69) is 65.5 Å². The van der Waals surface area contributed by atoms with E-state index in [9.17, 15) is 0 Å². The van der Waals surface area contributed by atoms with E-state index in [0.29, 0.717) is 5.92 Å². The van der Waals surface area contributed by atoms with Crippen LogP contribution < -0.4 is 10.4 Å². The Bertz CT molecular complexity index is 544. The molecule has 0 saturated carbocycles. The molecule has 0 nitrogen and oxygen atoms in total. The van der Waals surface area contributed by atoms with Gasteiger partial charge in [-0.3, -0.25) is 0 Å². The van der Waals surface area contributed by atoms with Gasteiger partial charge in [0.25, 0.3) is 0 Å². The van der Waals surface area contributed by atoms with Gasteiger partial charge >= 0.3 is 0 Å². The van der Waals surface area contributed by atoms with E-state index in [1.165, 1.54) is 33.6 Å². The monoisotopic (exact) mass is 256 g/mol. The van der Waals surface area contributed by atoms with Crippen LogP contribution in [0.2, 0.25) is 0 Å². The Morgan fingerprint density at radius 3 is 2.42 bits per heavy atom. The maximum atomic E-state index is 4.26. The van der Waals surface area contributed by atoms with Gasteiger partial charge in [0.2, 0.25) is 0 Å². The van der Waals surface area contributed by atoms with Gasteiger partial charge in [0, 0.05) is 0 Å². The average Bonchev–Trinajstić information content (AvgIpc) is 2.38. The minimum absolute atomic E-state index is 0.527. The van der Waals surface area contributed by atoms with Gasteiger partial charge in [-0.25, -0.2) is 0 Å². The minimum atomic E-state index is 0.527. The fraction of sp³-hybridized carbons (Fsp3) is 0.474. The summed E-state index contributed by atoms with van der Waals surface area (Å²) in [6.07, 6.45) is 7.84. The third-order valence-corrected chi connectivity index (χ3v) is 3.63. The normalized spacial score (nSPS) is 13.4. The number of aryl methyl sites for hydroxylation is 1. The zero-order valence-corrected chi connectivity index (χ0v) is 13.2. The molecule has 0 N–H and O–H groups in total. The Hall–Kier alpha value is -1.30. The highest BCUT2D eigenvalue weighted by Gasteiger charge is 2.08. The summed E-state index contributed by atoms with van der Waals surface area (Å²) in [5.74, 6) is 0.527. The summed E-state index contributed by atoms with van der Waals surface area (Å²) in [5, 5.41) is 2.56. The molecule has 0 bridgehead atoms. The largest absolute Gasteiger partial charge is 0.0911 e. The van der Waals surface area contributed by atoms with E-state index in [-0.39, 0.29) is 0 Å². The molecule has 0 heteroatoms. The second-order valence-corrected chi connectivity index (χ2v) is 5.45. The molecule has 0 aliphatic rings. The van der Waals surface area contributed by atoms with Gasteiger partial charge in [-0.15, -0.1) is 0 Å². The van der Waals surface area contributed by atoms with Crippen LogP contribution in [-0.2, 0) is 12.8 Å². The van der Waals surface area contributed by atoms with Gasteiger partial charge in [0.05, 0.1) is 0 Å². The summed E-state index contributed by atoms with van der Waals surface area (Å²) in [5.41, 5.74) is 4.41. The second kappa shape index (κ2) is 7.33. The van der Waals surface area contributed by atoms with Crippen molar-refractivity contribution in [2.24, 2.45) is 5.92 Å². The molecule has 0 amide bonds. The fourth-order valence-electron chi connectivity index (χ4n) is 2.75. The molecule has 19 heavy (non-hydrogen) atoms. The van der Waals surface area contributed by atoms with Crippen molar-refractivity contribution in [3.63, 3.8) is 0 Å². The first-order valence-electron chi connectivity index (χ1n) is 7.53. The van der Waals surface area contributed by atoms with Crippen LogP contribution in [-0.4, -0.2) is 0 Å². The van der Waals surface area contributed by atoms with Crippen LogP contribution in [0.25, 0.3) is 12.2 Å². The predicted molar refractivity (Wildman–Crippen MR) is 87.6 cm³/mol. The first kappa shape index (κ1) is 15.8. The highest BCUT2D eigenvalue weighted by Crippen LogP contribution is 2.13. The van der Waals surface area contributed by atoms with E-state index >= 15 is 0 Å². The summed E-state index contributed by atoms with van der Waals surface area (Å²) in [6, 6.07) is 4.45. The Morgan fingerprint density at radius 2 is 1.95 bits per heavy atom. The number of hydrogen-bond donors (Lipinski definition) is 0. The summed E-state index contributed by atoms with van der Waals surface area (Å²) in [6.45, 7) is 15.4. The van der Waals surface area contributed by atoms with Gasteiger partial charge in [-0.1, -0.05) is 65.0 Å². The van der Waals surface area contributed by atoms with Crippen molar-refractivity contribution < 1.29 is 0 Å². The van der Waals surface area contributed by atoms with E-state index in [1.54, 1.807) is 0 Å². The van der Waals surface area contributed by atoms with Crippen LogP contribution in [0.5, 0.6) is 0 Å². The highest BCUT2D eigenvalue weighted by atomic mass is 14.1. The molecule has 0 aliphatic heterocycles. The molecule has 0 fully saturated rings. The topological polar surface area (TPSA) is 0 Å². The van der Waals surface area contributed by atoms with Crippen molar-refractivity contribution in [2.45, 2.75) is 53.9 Å². The second-order valence-electron chi connectivity index (χ2n) is 5.45. The van der Waals surface area contributed by atoms with E-state index in [1.807, 2.05) is 0 Å². The van der Waals surface area contributed by atoms with E-state index in [4.69, 9.17) is 0 Å². The number of rotatable bonds is 5. The van der Waals surface area contributed by atoms with Crippen LogP contribution in [0.15, 0.2) is 24.3 Å². The molecule has 104 valence electrons. The minimum Gasteiger partial charge on any atom is -0.0911 e. The van der Waals surface area contributed by atoms with E-state index in [0.717, 1.165) is 12.8 Å². The van der Waals surface area contributed by atoms with Crippen LogP contribution in [0, 0.1) is 5.92 Å². The van der Waals surface area contributed by atoms with Crippen molar-refractivity contribution in [1.82, 2.24) is 0 Å². The molecule has 0 heterocycles. The molecule has 0 aromatic heterocycles. The first-order chi connectivity index (χ1) is 9.06. The van der Waals surface area contributed by atoms with Gasteiger partial charge in [-0.05, 0) is 52.8 Å². The summed E-state index contributed by atoms with van der Waals surface area (Å²) in [7, 11) is 0. The number of hydrogen-bond acceptors (Lipinski definition) is 0. The van der Waals surface area contributed by atoms with Gasteiger partial charge < -0.3 is 0 Å². The molecule has 1 aromatic carbocycles. The Morgan fingerprint density at radius 1 is 1.26 bits per heavy atom. The molecule has 0 aliphatic carbocycles. The van der Waals surface area contributed by atoms with E-state index < -0.39 is 0 Å². The number of allylic oxidation sites excluding steroid dienone is 2. The Kier molecular flexibility index (Phi) is 6.08. The lowest BCUT2D eigenvalue weighted by molar-refractivity contribution is 0.846. The third kappa shape index (κ3) is 3.59. The smallest absolute Gasteiger partial charge is 0.0121 e. The standard InChI is InChI=1S/C19H28/c1-7-10-16-13-12-15(6)19(17(16)9-3)18(11-8-2)14(4)5/h8,11-14H,6-7,9-10H2,1-5H3/b11-8-,19-18-. The lowest BCUT2D eigenvalue weighted by Gasteiger charge is -2.14. The first-order valence-corrected chi connectivity index (χ1v) is 7.53. The molecule has 0 spiro atoms. The highest BCUT2D eigenvalue weighted by molar-refractivity contribution is 5.60. The summed E-state index contributed by atoms with van der Waals surface area (Å²) < 4.78 is 0. The molecule has 1 aromatic rings. The number of benzene rings is 1. The molecule has 0 radical (unpaired) electrons. The van der Waals surface area contributed by atoms with Crippen LogP contribution in [0.3, 0.4) is 0 Å². The van der Waals surface area contributed by atoms with Crippen LogP contribution in [0.4, 0.5) is 0 Å². The van der Waals surface area contributed by atoms with Crippen molar-refractivity contribution in [2.75, 3.05) is 0 Å². The van der Waals surface area contributed by atoms with Gasteiger partial charge in [-0.2, -0.15) is 0 Å². The predicted octanol–water partition coefficient (Wildman–Crippen LogP) is 3.99. The third-order valence-electron chi connectivity index (χ3n) is 3.63. The maximum absolute atomic E-state index is 4.26. The summed E-state index contributed by atoms with van der Waals surface area (Å²) in [4.78, 5) is 0. The van der Waals surface area contributed by atoms with Crippen molar-refractivity contribution >= 4 is 12.2 Å². The Balaban J connectivity index is 3.77. The van der Waals surface area contributed by atoms with Crippen molar-refractivity contribution in [3.05, 3.63) is 45.8 Å². The lowest BCUT2D eigenvalue weighted by atomic mass is 9.91. The molecule has 0 saturated heterocycles. The summed E-state index contributed by atoms with van der Waals surface area (Å²) >= 11 is 0. The Labute approximate surface area is 118 Å². The quantitative estimate of drug-likeness (QED) is 0.747. The van der Waals surface area contributed by atoms with Crippen LogP contribution >= 0.6 is 0 Å². The van der Waals surface area contributed by atoms with Gasteiger partial charge in [0.1, 0.15) is 0 Å².